The van der Waals surface area contributed by atoms with Crippen molar-refractivity contribution in [2.45, 2.75) is 19.5 Å². The molecule has 2 aromatic rings. The van der Waals surface area contributed by atoms with Crippen LogP contribution >= 0.6 is 15.9 Å². The fourth-order valence-electron chi connectivity index (χ4n) is 2.06. The van der Waals surface area contributed by atoms with Gasteiger partial charge in [0.25, 0.3) is 0 Å². The van der Waals surface area contributed by atoms with Gasteiger partial charge in [0.2, 0.25) is 0 Å². The minimum Gasteiger partial charge on any atom is -0.308 e. The summed E-state index contributed by atoms with van der Waals surface area (Å²) in [6.07, 6.45) is 1.70. The molecule has 1 aromatic carbocycles. The van der Waals surface area contributed by atoms with Crippen molar-refractivity contribution in [1.29, 1.82) is 0 Å². The Morgan fingerprint density at radius 3 is 2.68 bits per heavy atom. The lowest BCUT2D eigenvalue weighted by molar-refractivity contribution is 0.502. The molecule has 1 N–H and O–H groups in total. The van der Waals surface area contributed by atoms with Crippen molar-refractivity contribution in [2.75, 3.05) is 7.05 Å². The summed E-state index contributed by atoms with van der Waals surface area (Å²) in [7, 11) is 1.77. The van der Waals surface area contributed by atoms with Gasteiger partial charge in [0.05, 0.1) is 22.4 Å². The first-order valence-electron chi connectivity index (χ1n) is 5.91. The van der Waals surface area contributed by atoms with E-state index in [0.717, 1.165) is 16.2 Å². The van der Waals surface area contributed by atoms with E-state index in [-0.39, 0.29) is 6.04 Å². The van der Waals surface area contributed by atoms with Crippen LogP contribution in [0.4, 0.5) is 8.78 Å². The first-order valence-corrected chi connectivity index (χ1v) is 6.71. The largest absolute Gasteiger partial charge is 0.308 e. The molecule has 3 nitrogen and oxygen atoms in total. The highest BCUT2D eigenvalue weighted by Crippen LogP contribution is 2.29. The van der Waals surface area contributed by atoms with E-state index < -0.39 is 11.6 Å². The van der Waals surface area contributed by atoms with Crippen LogP contribution in [0.25, 0.3) is 0 Å². The van der Waals surface area contributed by atoms with Gasteiger partial charge in [0.1, 0.15) is 0 Å². The molecule has 0 spiro atoms. The van der Waals surface area contributed by atoms with E-state index in [2.05, 4.69) is 26.3 Å². The number of aryl methyl sites for hydroxylation is 1. The molecule has 0 radical (unpaired) electrons. The summed E-state index contributed by atoms with van der Waals surface area (Å²) in [6.45, 7) is 2.67. The third kappa shape index (κ3) is 2.69. The van der Waals surface area contributed by atoms with Crippen LogP contribution in [-0.2, 0) is 6.54 Å². The van der Waals surface area contributed by atoms with Gasteiger partial charge in [-0.05, 0) is 47.6 Å². The number of nitrogens with one attached hydrogen (secondary N) is 1. The Kier molecular flexibility index (Phi) is 4.31. The van der Waals surface area contributed by atoms with E-state index in [9.17, 15) is 8.78 Å². The lowest BCUT2D eigenvalue weighted by Gasteiger charge is -2.19. The molecule has 0 aliphatic rings. The van der Waals surface area contributed by atoms with Crippen LogP contribution in [0.3, 0.4) is 0 Å². The standard InChI is InChI=1S/C13H14BrF2N3/c1-3-19-13(9(14)7-18-19)12(17-2)8-4-5-10(15)11(16)6-8/h4-7,12,17H,3H2,1-2H3. The Balaban J connectivity index is 2.49. The fourth-order valence-corrected chi connectivity index (χ4v) is 2.59. The minimum absolute atomic E-state index is 0.257. The van der Waals surface area contributed by atoms with Crippen molar-refractivity contribution in [3.05, 3.63) is 51.8 Å². The molecule has 0 fully saturated rings. The van der Waals surface area contributed by atoms with Crippen molar-refractivity contribution in [3.8, 4) is 0 Å². The van der Waals surface area contributed by atoms with Gasteiger partial charge in [0, 0.05) is 6.54 Å². The van der Waals surface area contributed by atoms with Gasteiger partial charge < -0.3 is 5.32 Å². The first-order chi connectivity index (χ1) is 9.08. The Bertz CT molecular complexity index is 583. The third-order valence-electron chi connectivity index (χ3n) is 2.97. The molecule has 1 heterocycles. The average Bonchev–Trinajstić information content (AvgIpc) is 2.76. The van der Waals surface area contributed by atoms with Crippen LogP contribution in [-0.4, -0.2) is 16.8 Å². The topological polar surface area (TPSA) is 29.9 Å². The molecule has 1 atom stereocenters. The molecule has 0 aliphatic heterocycles. The smallest absolute Gasteiger partial charge is 0.159 e. The molecular weight excluding hydrogens is 316 g/mol. The number of benzene rings is 1. The van der Waals surface area contributed by atoms with Crippen molar-refractivity contribution in [2.24, 2.45) is 0 Å². The lowest BCUT2D eigenvalue weighted by atomic mass is 10.0. The molecule has 1 aromatic heterocycles. The maximum absolute atomic E-state index is 13.4. The summed E-state index contributed by atoms with van der Waals surface area (Å²) in [6, 6.07) is 3.65. The van der Waals surface area contributed by atoms with Crippen LogP contribution in [0.15, 0.2) is 28.9 Å². The van der Waals surface area contributed by atoms with Gasteiger partial charge in [-0.15, -0.1) is 0 Å². The number of hydrogen-bond acceptors (Lipinski definition) is 2. The lowest BCUT2D eigenvalue weighted by Crippen LogP contribution is -2.22. The molecule has 0 saturated heterocycles. The van der Waals surface area contributed by atoms with Crippen molar-refractivity contribution in [1.82, 2.24) is 15.1 Å². The summed E-state index contributed by atoms with van der Waals surface area (Å²) in [5, 5.41) is 7.33. The van der Waals surface area contributed by atoms with E-state index in [4.69, 9.17) is 0 Å². The molecule has 1 unspecified atom stereocenters. The molecule has 19 heavy (non-hydrogen) atoms. The molecule has 0 saturated carbocycles. The summed E-state index contributed by atoms with van der Waals surface area (Å²) < 4.78 is 29.0. The summed E-state index contributed by atoms with van der Waals surface area (Å²) in [5.74, 6) is -1.70. The van der Waals surface area contributed by atoms with Crippen molar-refractivity contribution >= 4 is 15.9 Å². The normalized spacial score (nSPS) is 12.7. The Morgan fingerprint density at radius 2 is 2.11 bits per heavy atom. The zero-order chi connectivity index (χ0) is 14.0. The number of aromatic nitrogens is 2. The second-order valence-electron chi connectivity index (χ2n) is 4.09. The molecule has 102 valence electrons. The second-order valence-corrected chi connectivity index (χ2v) is 4.94. The molecule has 6 heteroatoms. The highest BCUT2D eigenvalue weighted by molar-refractivity contribution is 9.10. The predicted molar refractivity (Wildman–Crippen MR) is 72.9 cm³/mol. The SMILES string of the molecule is CCn1ncc(Br)c1C(NC)c1ccc(F)c(F)c1. The van der Waals surface area contributed by atoms with E-state index >= 15 is 0 Å². The van der Waals surface area contributed by atoms with Gasteiger partial charge in [-0.3, -0.25) is 4.68 Å². The number of halogens is 3. The molecule has 0 amide bonds. The predicted octanol–water partition coefficient (Wildman–Crippen LogP) is 3.25. The van der Waals surface area contributed by atoms with Gasteiger partial charge in [-0.2, -0.15) is 5.10 Å². The van der Waals surface area contributed by atoms with Crippen LogP contribution in [0.1, 0.15) is 24.2 Å². The fraction of sp³-hybridized carbons (Fsp3) is 0.308. The van der Waals surface area contributed by atoms with E-state index in [0.29, 0.717) is 12.1 Å². The van der Waals surface area contributed by atoms with Gasteiger partial charge in [-0.25, -0.2) is 8.78 Å². The van der Waals surface area contributed by atoms with E-state index in [1.165, 1.54) is 6.07 Å². The average molecular weight is 330 g/mol. The van der Waals surface area contributed by atoms with Gasteiger partial charge >= 0.3 is 0 Å². The zero-order valence-corrected chi connectivity index (χ0v) is 12.2. The summed E-state index contributed by atoms with van der Waals surface area (Å²) in [4.78, 5) is 0. The minimum atomic E-state index is -0.851. The van der Waals surface area contributed by atoms with Crippen molar-refractivity contribution in [3.63, 3.8) is 0 Å². The van der Waals surface area contributed by atoms with E-state index in [1.807, 2.05) is 11.6 Å². The third-order valence-corrected chi connectivity index (χ3v) is 3.58. The quantitative estimate of drug-likeness (QED) is 0.933. The Morgan fingerprint density at radius 1 is 1.37 bits per heavy atom. The first kappa shape index (κ1) is 14.1. The highest BCUT2D eigenvalue weighted by Gasteiger charge is 2.21. The Labute approximate surface area is 118 Å². The highest BCUT2D eigenvalue weighted by atomic mass is 79.9. The summed E-state index contributed by atoms with van der Waals surface area (Å²) in [5.41, 5.74) is 1.54. The van der Waals surface area contributed by atoms with Crippen LogP contribution < -0.4 is 5.32 Å². The van der Waals surface area contributed by atoms with E-state index in [1.54, 1.807) is 19.3 Å². The van der Waals surface area contributed by atoms with Gasteiger partial charge in [0.15, 0.2) is 11.6 Å². The zero-order valence-electron chi connectivity index (χ0n) is 10.6. The number of hydrogen-bond donors (Lipinski definition) is 1. The maximum Gasteiger partial charge on any atom is 0.159 e. The van der Waals surface area contributed by atoms with Crippen LogP contribution in [0.2, 0.25) is 0 Å². The number of nitrogens with zero attached hydrogens (tertiary/aromatic N) is 2. The molecule has 0 bridgehead atoms. The maximum atomic E-state index is 13.4. The van der Waals surface area contributed by atoms with Crippen LogP contribution in [0.5, 0.6) is 0 Å². The monoisotopic (exact) mass is 329 g/mol. The van der Waals surface area contributed by atoms with Gasteiger partial charge in [-0.1, -0.05) is 6.07 Å². The van der Waals surface area contributed by atoms with Crippen LogP contribution in [0, 0.1) is 11.6 Å². The summed E-state index contributed by atoms with van der Waals surface area (Å²) >= 11 is 3.44. The van der Waals surface area contributed by atoms with Crippen molar-refractivity contribution < 1.29 is 8.78 Å². The second kappa shape index (κ2) is 5.79. The number of rotatable bonds is 4. The Hall–Kier alpha value is -1.27. The molecule has 0 aliphatic carbocycles. The molecule has 2 rings (SSSR count). The molecular formula is C13H14BrF2N3.